The lowest BCUT2D eigenvalue weighted by Crippen LogP contribution is -2.38. The Balaban J connectivity index is 2.80. The van der Waals surface area contributed by atoms with Crippen molar-refractivity contribution in [3.63, 3.8) is 0 Å². The van der Waals surface area contributed by atoms with Gasteiger partial charge in [-0.25, -0.2) is 0 Å². The van der Waals surface area contributed by atoms with Gasteiger partial charge in [0, 0.05) is 5.41 Å². The lowest BCUT2D eigenvalue weighted by molar-refractivity contribution is -0.00404. The molecule has 0 aromatic heterocycles. The Hall–Kier alpha value is -0.530. The second-order valence-corrected chi connectivity index (χ2v) is 7.05. The van der Waals surface area contributed by atoms with Crippen molar-refractivity contribution in [3.05, 3.63) is 0 Å². The average molecular weight is 225 g/mol. The molecule has 1 aliphatic heterocycles. The summed E-state index contributed by atoms with van der Waals surface area (Å²) < 4.78 is 0. The van der Waals surface area contributed by atoms with E-state index < -0.39 is 0 Å². The molecule has 0 aromatic carbocycles. The minimum atomic E-state index is 0.126. The minimum Gasteiger partial charge on any atom is -0.392 e. The molecule has 2 unspecified atom stereocenters. The summed E-state index contributed by atoms with van der Waals surface area (Å²) in [5, 5.41) is 4.22. The summed E-state index contributed by atoms with van der Waals surface area (Å²) in [6.07, 6.45) is 2.47. The van der Waals surface area contributed by atoms with Crippen LogP contribution in [-0.2, 0) is 4.84 Å². The molecule has 1 aliphatic rings. The van der Waals surface area contributed by atoms with E-state index in [4.69, 9.17) is 4.84 Å². The monoisotopic (exact) mass is 225 g/mol. The van der Waals surface area contributed by atoms with Crippen molar-refractivity contribution in [2.75, 3.05) is 0 Å². The van der Waals surface area contributed by atoms with E-state index in [1.165, 1.54) is 0 Å². The maximum Gasteiger partial charge on any atom is 0.138 e. The van der Waals surface area contributed by atoms with Gasteiger partial charge in [0.15, 0.2) is 0 Å². The van der Waals surface area contributed by atoms with E-state index in [1.807, 2.05) is 0 Å². The largest absolute Gasteiger partial charge is 0.392 e. The van der Waals surface area contributed by atoms with Gasteiger partial charge >= 0.3 is 0 Å². The molecule has 94 valence electrons. The summed E-state index contributed by atoms with van der Waals surface area (Å²) in [5.74, 6) is 0.680. The molecule has 0 amide bonds. The second-order valence-electron chi connectivity index (χ2n) is 7.05. The van der Waals surface area contributed by atoms with Crippen molar-refractivity contribution >= 4 is 5.71 Å². The molecule has 1 rings (SSSR count). The van der Waals surface area contributed by atoms with Crippen molar-refractivity contribution in [2.24, 2.45) is 21.9 Å². The molecule has 2 heteroatoms. The maximum atomic E-state index is 5.65. The summed E-state index contributed by atoms with van der Waals surface area (Å²) in [6, 6.07) is 0. The number of oxime groups is 1. The van der Waals surface area contributed by atoms with E-state index in [2.05, 4.69) is 53.6 Å². The zero-order chi connectivity index (χ0) is 12.6. The van der Waals surface area contributed by atoms with Crippen LogP contribution in [0.3, 0.4) is 0 Å². The van der Waals surface area contributed by atoms with Gasteiger partial charge in [0.05, 0.1) is 5.71 Å². The van der Waals surface area contributed by atoms with Crippen molar-refractivity contribution in [2.45, 2.75) is 67.4 Å². The molecule has 0 saturated carbocycles. The van der Waals surface area contributed by atoms with Crippen LogP contribution in [0.15, 0.2) is 5.16 Å². The van der Waals surface area contributed by atoms with Gasteiger partial charge in [0.25, 0.3) is 0 Å². The van der Waals surface area contributed by atoms with E-state index in [9.17, 15) is 0 Å². The van der Waals surface area contributed by atoms with Gasteiger partial charge < -0.3 is 4.84 Å². The minimum absolute atomic E-state index is 0.126. The van der Waals surface area contributed by atoms with E-state index in [-0.39, 0.29) is 11.5 Å². The topological polar surface area (TPSA) is 21.6 Å². The number of rotatable bonds is 3. The molecular formula is C14H27NO. The van der Waals surface area contributed by atoms with Gasteiger partial charge in [0.1, 0.15) is 6.10 Å². The van der Waals surface area contributed by atoms with E-state index >= 15 is 0 Å². The van der Waals surface area contributed by atoms with Gasteiger partial charge in [0.2, 0.25) is 0 Å². The molecule has 0 spiro atoms. The fraction of sp³-hybridized carbons (Fsp3) is 0.929. The van der Waals surface area contributed by atoms with Gasteiger partial charge in [-0.1, -0.05) is 46.7 Å². The lowest BCUT2D eigenvalue weighted by atomic mass is 9.70. The first-order chi connectivity index (χ1) is 7.15. The molecule has 0 bridgehead atoms. The highest BCUT2D eigenvalue weighted by molar-refractivity contribution is 5.88. The number of hydrogen-bond acceptors (Lipinski definition) is 2. The predicted molar refractivity (Wildman–Crippen MR) is 69.6 cm³/mol. The molecule has 2 nitrogen and oxygen atoms in total. The average Bonchev–Trinajstić information content (AvgIpc) is 2.29. The second kappa shape index (κ2) is 4.38. The zero-order valence-corrected chi connectivity index (χ0v) is 11.9. The summed E-state index contributed by atoms with van der Waals surface area (Å²) in [6.45, 7) is 15.7. The highest BCUT2D eigenvalue weighted by atomic mass is 16.6. The molecule has 1 heterocycles. The Kier molecular flexibility index (Phi) is 3.71. The van der Waals surface area contributed by atoms with Crippen molar-refractivity contribution in [1.82, 2.24) is 0 Å². The molecule has 0 N–H and O–H groups in total. The van der Waals surface area contributed by atoms with Gasteiger partial charge in [-0.05, 0) is 31.1 Å². The molecule has 0 fully saturated rings. The Labute approximate surface area is 100 Å². The normalized spacial score (nSPS) is 30.5. The van der Waals surface area contributed by atoms with Crippen LogP contribution in [-0.4, -0.2) is 11.8 Å². The van der Waals surface area contributed by atoms with Gasteiger partial charge in [-0.15, -0.1) is 0 Å². The highest BCUT2D eigenvalue weighted by Crippen LogP contribution is 2.42. The summed E-state index contributed by atoms with van der Waals surface area (Å²) in [7, 11) is 0. The van der Waals surface area contributed by atoms with Crippen molar-refractivity contribution in [3.8, 4) is 0 Å². The molecule has 0 radical (unpaired) electrons. The number of nitrogens with zero attached hydrogens (tertiary/aromatic N) is 1. The fourth-order valence-electron chi connectivity index (χ4n) is 2.54. The van der Waals surface area contributed by atoms with Crippen LogP contribution in [0, 0.1) is 16.7 Å². The third-order valence-corrected chi connectivity index (χ3v) is 3.48. The van der Waals surface area contributed by atoms with Crippen molar-refractivity contribution < 1.29 is 4.84 Å². The predicted octanol–water partition coefficient (Wildman–Crippen LogP) is 4.25. The first-order valence-electron chi connectivity index (χ1n) is 6.36. The molecule has 16 heavy (non-hydrogen) atoms. The first-order valence-corrected chi connectivity index (χ1v) is 6.36. The van der Waals surface area contributed by atoms with Gasteiger partial charge in [-0.2, -0.15) is 0 Å². The molecule has 0 aromatic rings. The summed E-state index contributed by atoms with van der Waals surface area (Å²) in [5.41, 5.74) is 1.58. The van der Waals surface area contributed by atoms with Crippen LogP contribution in [0.2, 0.25) is 0 Å². The smallest absolute Gasteiger partial charge is 0.138 e. The lowest BCUT2D eigenvalue weighted by Gasteiger charge is -2.34. The van der Waals surface area contributed by atoms with E-state index in [0.717, 1.165) is 18.6 Å². The molecule has 0 saturated heterocycles. The highest BCUT2D eigenvalue weighted by Gasteiger charge is 2.45. The molecule has 0 aliphatic carbocycles. The Morgan fingerprint density at radius 1 is 1.38 bits per heavy atom. The molecule has 2 atom stereocenters. The van der Waals surface area contributed by atoms with Crippen molar-refractivity contribution in [1.29, 1.82) is 0 Å². The maximum absolute atomic E-state index is 5.65. The van der Waals surface area contributed by atoms with E-state index in [0.29, 0.717) is 11.3 Å². The van der Waals surface area contributed by atoms with Crippen LogP contribution >= 0.6 is 0 Å². The standard InChI is InChI=1S/C14H27NO/c1-10(2)8-14(7)11(3)15-16-12(14)9-13(4,5)6/h10,12H,8-9H2,1-7H3. The summed E-state index contributed by atoms with van der Waals surface area (Å²) in [4.78, 5) is 5.65. The zero-order valence-electron chi connectivity index (χ0n) is 11.9. The summed E-state index contributed by atoms with van der Waals surface area (Å²) >= 11 is 0. The first kappa shape index (κ1) is 13.5. The third-order valence-electron chi connectivity index (χ3n) is 3.48. The van der Waals surface area contributed by atoms with Crippen LogP contribution in [0.25, 0.3) is 0 Å². The third kappa shape index (κ3) is 2.99. The van der Waals surface area contributed by atoms with Crippen LogP contribution in [0.5, 0.6) is 0 Å². The quantitative estimate of drug-likeness (QED) is 0.703. The van der Waals surface area contributed by atoms with Crippen LogP contribution in [0.1, 0.15) is 61.3 Å². The Bertz CT molecular complexity index is 275. The van der Waals surface area contributed by atoms with Crippen LogP contribution < -0.4 is 0 Å². The fourth-order valence-corrected chi connectivity index (χ4v) is 2.54. The Morgan fingerprint density at radius 2 is 1.94 bits per heavy atom. The number of hydrogen-bond donors (Lipinski definition) is 0. The van der Waals surface area contributed by atoms with Gasteiger partial charge in [-0.3, -0.25) is 0 Å². The van der Waals surface area contributed by atoms with E-state index in [1.54, 1.807) is 0 Å². The molecular weight excluding hydrogens is 198 g/mol. The SMILES string of the molecule is CC1=NOC(CC(C)(C)C)C1(C)CC(C)C. The Morgan fingerprint density at radius 3 is 2.38 bits per heavy atom. The van der Waals surface area contributed by atoms with Crippen LogP contribution in [0.4, 0.5) is 0 Å².